The highest BCUT2D eigenvalue weighted by Crippen LogP contribution is 2.26. The van der Waals surface area contributed by atoms with Crippen LogP contribution in [0.1, 0.15) is 42.6 Å². The second-order valence-corrected chi connectivity index (χ2v) is 6.92. The van der Waals surface area contributed by atoms with E-state index in [1.165, 1.54) is 6.92 Å². The van der Waals surface area contributed by atoms with Crippen LogP contribution in [0.3, 0.4) is 0 Å². The Morgan fingerprint density at radius 3 is 2.58 bits per heavy atom. The van der Waals surface area contributed by atoms with Crippen molar-refractivity contribution in [1.82, 2.24) is 0 Å². The van der Waals surface area contributed by atoms with Crippen LogP contribution in [0.4, 0.5) is 11.4 Å². The van der Waals surface area contributed by atoms with Gasteiger partial charge in [0, 0.05) is 22.8 Å². The molecule has 0 heterocycles. The van der Waals surface area contributed by atoms with E-state index in [1.807, 2.05) is 19.1 Å². The molecule has 0 saturated carbocycles. The summed E-state index contributed by atoms with van der Waals surface area (Å²) in [6, 6.07) is 10.8. The quantitative estimate of drug-likeness (QED) is 0.611. The number of benzene rings is 2. The molecule has 138 valence electrons. The molecule has 6 heteroatoms. The first-order valence-electron chi connectivity index (χ1n) is 8.52. The van der Waals surface area contributed by atoms with Gasteiger partial charge >= 0.3 is 0 Å². The maximum atomic E-state index is 12.7. The zero-order chi connectivity index (χ0) is 19.1. The molecule has 2 amide bonds. The molecule has 0 saturated heterocycles. The smallest absolute Gasteiger partial charge is 0.259 e. The highest BCUT2D eigenvalue weighted by atomic mass is 79.9. The zero-order valence-electron chi connectivity index (χ0n) is 15.2. The van der Waals surface area contributed by atoms with Crippen LogP contribution in [0.25, 0.3) is 0 Å². The van der Waals surface area contributed by atoms with Crippen LogP contribution < -0.4 is 15.4 Å². The van der Waals surface area contributed by atoms with Crippen LogP contribution in [-0.4, -0.2) is 18.4 Å². The first-order valence-corrected chi connectivity index (χ1v) is 9.32. The van der Waals surface area contributed by atoms with Crippen molar-refractivity contribution in [2.45, 2.75) is 33.6 Å². The molecule has 2 N–H and O–H groups in total. The number of unbranched alkanes of at least 4 members (excludes halogenated alkanes) is 1. The topological polar surface area (TPSA) is 67.4 Å². The van der Waals surface area contributed by atoms with E-state index >= 15 is 0 Å². The second-order valence-electron chi connectivity index (χ2n) is 6.01. The Kier molecular flexibility index (Phi) is 7.21. The monoisotopic (exact) mass is 418 g/mol. The van der Waals surface area contributed by atoms with E-state index in [2.05, 4.69) is 33.5 Å². The van der Waals surface area contributed by atoms with Crippen LogP contribution in [-0.2, 0) is 4.79 Å². The molecule has 0 bridgehead atoms. The lowest BCUT2D eigenvalue weighted by molar-refractivity contribution is -0.114. The van der Waals surface area contributed by atoms with Gasteiger partial charge in [0.2, 0.25) is 5.91 Å². The van der Waals surface area contributed by atoms with E-state index in [0.717, 1.165) is 22.9 Å². The molecule has 0 fully saturated rings. The van der Waals surface area contributed by atoms with E-state index < -0.39 is 0 Å². The molecule has 0 aliphatic heterocycles. The number of halogens is 1. The number of carbonyl (C=O) groups is 2. The Labute approximate surface area is 162 Å². The van der Waals surface area contributed by atoms with E-state index in [-0.39, 0.29) is 11.8 Å². The zero-order valence-corrected chi connectivity index (χ0v) is 16.8. The number of rotatable bonds is 7. The minimum atomic E-state index is -0.268. The van der Waals surface area contributed by atoms with Gasteiger partial charge in [-0.15, -0.1) is 0 Å². The Morgan fingerprint density at radius 1 is 1.12 bits per heavy atom. The number of hydrogen-bond donors (Lipinski definition) is 2. The molecule has 2 rings (SSSR count). The molecule has 0 aromatic heterocycles. The fourth-order valence-electron chi connectivity index (χ4n) is 2.35. The van der Waals surface area contributed by atoms with E-state index in [1.54, 1.807) is 24.3 Å². The van der Waals surface area contributed by atoms with Gasteiger partial charge in [-0.2, -0.15) is 0 Å². The highest BCUT2D eigenvalue weighted by molar-refractivity contribution is 9.10. The largest absolute Gasteiger partial charge is 0.493 e. The van der Waals surface area contributed by atoms with Crippen LogP contribution in [0, 0.1) is 6.92 Å². The fourth-order valence-corrected chi connectivity index (χ4v) is 2.72. The lowest BCUT2D eigenvalue weighted by Gasteiger charge is -2.13. The van der Waals surface area contributed by atoms with Crippen molar-refractivity contribution in [3.05, 3.63) is 52.0 Å². The number of aryl methyl sites for hydroxylation is 1. The Balaban J connectivity index is 2.21. The standard InChI is InChI=1S/C20H23BrN2O3/c1-4-5-10-26-19-9-7-15(21)11-17(19)20(25)23-16-8-6-13(2)18(12-16)22-14(3)24/h6-9,11-12H,4-5,10H2,1-3H3,(H,22,24)(H,23,25). The summed E-state index contributed by atoms with van der Waals surface area (Å²) < 4.78 is 6.55. The van der Waals surface area contributed by atoms with Gasteiger partial charge in [-0.1, -0.05) is 35.3 Å². The maximum absolute atomic E-state index is 12.7. The number of nitrogens with one attached hydrogen (secondary N) is 2. The summed E-state index contributed by atoms with van der Waals surface area (Å²) in [7, 11) is 0. The average molecular weight is 419 g/mol. The predicted octanol–water partition coefficient (Wildman–Crippen LogP) is 5.15. The average Bonchev–Trinajstić information content (AvgIpc) is 2.59. The third-order valence-corrected chi connectivity index (χ3v) is 4.24. The summed E-state index contributed by atoms with van der Waals surface area (Å²) in [5, 5.41) is 5.62. The Morgan fingerprint density at radius 2 is 1.88 bits per heavy atom. The van der Waals surface area contributed by atoms with Crippen molar-refractivity contribution in [3.8, 4) is 5.75 Å². The molecular weight excluding hydrogens is 396 g/mol. The molecule has 0 unspecified atom stereocenters. The molecular formula is C20H23BrN2O3. The van der Waals surface area contributed by atoms with Crippen molar-refractivity contribution in [2.75, 3.05) is 17.2 Å². The van der Waals surface area contributed by atoms with Crippen molar-refractivity contribution in [2.24, 2.45) is 0 Å². The molecule has 0 radical (unpaired) electrons. The number of anilines is 2. The number of hydrogen-bond acceptors (Lipinski definition) is 3. The number of carbonyl (C=O) groups excluding carboxylic acids is 2. The van der Waals surface area contributed by atoms with E-state index in [0.29, 0.717) is 29.3 Å². The fraction of sp³-hybridized carbons (Fsp3) is 0.300. The SMILES string of the molecule is CCCCOc1ccc(Br)cc1C(=O)Nc1ccc(C)c(NC(C)=O)c1. The van der Waals surface area contributed by atoms with Crippen LogP contribution in [0.5, 0.6) is 5.75 Å². The first-order chi connectivity index (χ1) is 12.4. The molecule has 5 nitrogen and oxygen atoms in total. The maximum Gasteiger partial charge on any atom is 0.259 e. The summed E-state index contributed by atoms with van der Waals surface area (Å²) in [6.07, 6.45) is 1.95. The van der Waals surface area contributed by atoms with Gasteiger partial charge in [0.05, 0.1) is 12.2 Å². The number of ether oxygens (including phenoxy) is 1. The molecule has 0 spiro atoms. The minimum Gasteiger partial charge on any atom is -0.493 e. The molecule has 0 aliphatic rings. The second kappa shape index (κ2) is 9.38. The van der Waals surface area contributed by atoms with Crippen molar-refractivity contribution < 1.29 is 14.3 Å². The normalized spacial score (nSPS) is 10.3. The van der Waals surface area contributed by atoms with Gasteiger partial charge in [-0.3, -0.25) is 9.59 Å². The predicted molar refractivity (Wildman–Crippen MR) is 108 cm³/mol. The molecule has 0 aliphatic carbocycles. The van der Waals surface area contributed by atoms with Gasteiger partial charge in [0.15, 0.2) is 0 Å². The summed E-state index contributed by atoms with van der Waals surface area (Å²) in [5.41, 5.74) is 2.65. The summed E-state index contributed by atoms with van der Waals surface area (Å²) in [5.74, 6) is 0.124. The van der Waals surface area contributed by atoms with Crippen molar-refractivity contribution in [3.63, 3.8) is 0 Å². The minimum absolute atomic E-state index is 0.157. The van der Waals surface area contributed by atoms with E-state index in [9.17, 15) is 9.59 Å². The molecule has 26 heavy (non-hydrogen) atoms. The van der Waals surface area contributed by atoms with Crippen molar-refractivity contribution >= 4 is 39.1 Å². The summed E-state index contributed by atoms with van der Waals surface area (Å²) in [6.45, 7) is 6.00. The van der Waals surface area contributed by atoms with Crippen LogP contribution >= 0.6 is 15.9 Å². The van der Waals surface area contributed by atoms with E-state index in [4.69, 9.17) is 4.74 Å². The Hall–Kier alpha value is -2.34. The van der Waals surface area contributed by atoms with Gasteiger partial charge in [0.1, 0.15) is 5.75 Å². The lowest BCUT2D eigenvalue weighted by Crippen LogP contribution is -2.15. The number of amides is 2. The van der Waals surface area contributed by atoms with Gasteiger partial charge in [-0.05, 0) is 49.2 Å². The summed E-state index contributed by atoms with van der Waals surface area (Å²) in [4.78, 5) is 24.0. The highest BCUT2D eigenvalue weighted by Gasteiger charge is 2.14. The van der Waals surface area contributed by atoms with Crippen LogP contribution in [0.2, 0.25) is 0 Å². The third kappa shape index (κ3) is 5.59. The first kappa shape index (κ1) is 20.0. The van der Waals surface area contributed by atoms with Crippen LogP contribution in [0.15, 0.2) is 40.9 Å². The van der Waals surface area contributed by atoms with Crippen molar-refractivity contribution in [1.29, 1.82) is 0 Å². The van der Waals surface area contributed by atoms with Gasteiger partial charge in [-0.25, -0.2) is 0 Å². The summed E-state index contributed by atoms with van der Waals surface area (Å²) >= 11 is 3.40. The third-order valence-electron chi connectivity index (χ3n) is 3.75. The Bertz CT molecular complexity index is 806. The molecule has 0 atom stereocenters. The lowest BCUT2D eigenvalue weighted by atomic mass is 10.1. The molecule has 2 aromatic rings. The van der Waals surface area contributed by atoms with Gasteiger partial charge < -0.3 is 15.4 Å². The molecule has 2 aromatic carbocycles. The van der Waals surface area contributed by atoms with Gasteiger partial charge in [0.25, 0.3) is 5.91 Å².